The van der Waals surface area contributed by atoms with Crippen molar-refractivity contribution in [3.05, 3.63) is 29.3 Å². The highest BCUT2D eigenvalue weighted by molar-refractivity contribution is 8.04. The van der Waals surface area contributed by atoms with Gasteiger partial charge in [-0.25, -0.2) is 0 Å². The highest BCUT2D eigenvalue weighted by Gasteiger charge is 2.30. The van der Waals surface area contributed by atoms with Crippen molar-refractivity contribution < 1.29 is 4.79 Å². The third-order valence-corrected chi connectivity index (χ3v) is 10.2. The van der Waals surface area contributed by atoms with Gasteiger partial charge in [-0.05, 0) is 79.9 Å². The molecular formula is C30H52N2OS2. The van der Waals surface area contributed by atoms with Gasteiger partial charge in [-0.3, -0.25) is 4.79 Å². The van der Waals surface area contributed by atoms with E-state index in [9.17, 15) is 4.79 Å². The van der Waals surface area contributed by atoms with Gasteiger partial charge in [0.2, 0.25) is 5.91 Å². The molecule has 1 aliphatic rings. The summed E-state index contributed by atoms with van der Waals surface area (Å²) in [6, 6.07) is 7.24. The van der Waals surface area contributed by atoms with Crippen molar-refractivity contribution in [2.75, 3.05) is 26.2 Å². The molecular weight excluding hydrogens is 468 g/mol. The van der Waals surface area contributed by atoms with Gasteiger partial charge in [-0.1, -0.05) is 74.3 Å². The van der Waals surface area contributed by atoms with Crippen molar-refractivity contribution in [3.8, 4) is 0 Å². The molecule has 1 amide bonds. The summed E-state index contributed by atoms with van der Waals surface area (Å²) in [7, 11) is 0. The molecule has 0 spiro atoms. The smallest absolute Gasteiger partial charge is 0.232 e. The predicted octanol–water partition coefficient (Wildman–Crippen LogP) is 7.65. The van der Waals surface area contributed by atoms with Crippen LogP contribution in [0.1, 0.15) is 106 Å². The molecule has 3 atom stereocenters. The van der Waals surface area contributed by atoms with Gasteiger partial charge in [-0.2, -0.15) is 0 Å². The molecule has 1 N–H and O–H groups in total. The third kappa shape index (κ3) is 9.97. The van der Waals surface area contributed by atoms with E-state index in [4.69, 9.17) is 0 Å². The van der Waals surface area contributed by atoms with Gasteiger partial charge in [0.1, 0.15) is 0 Å². The number of carbonyl (C=O) groups excluding carboxylic acids is 1. The summed E-state index contributed by atoms with van der Waals surface area (Å²) in [5.74, 6) is 0.202. The molecule has 3 unspecified atom stereocenters. The molecule has 0 saturated heterocycles. The Kier molecular flexibility index (Phi) is 12.0. The molecule has 0 bridgehead atoms. The summed E-state index contributed by atoms with van der Waals surface area (Å²) in [5.41, 5.74) is 3.11. The number of nitrogens with one attached hydrogen (secondary N) is 1. The van der Waals surface area contributed by atoms with Gasteiger partial charge in [0.05, 0.1) is 5.25 Å². The number of carbonyl (C=O) groups is 1. The predicted molar refractivity (Wildman–Crippen MR) is 158 cm³/mol. The maximum Gasteiger partial charge on any atom is 0.232 e. The SMILES string of the molecule is CCN(CC)CCCNC(=O)C(C)SC1CCCCC1Sc1cc(C(C)(C)C)cc(C(C)(C)C)c1. The van der Waals surface area contributed by atoms with E-state index < -0.39 is 0 Å². The number of hydrogen-bond acceptors (Lipinski definition) is 4. The fraction of sp³-hybridized carbons (Fsp3) is 0.767. The van der Waals surface area contributed by atoms with Crippen LogP contribution in [0.15, 0.2) is 23.1 Å². The lowest BCUT2D eigenvalue weighted by molar-refractivity contribution is -0.120. The Labute approximate surface area is 225 Å². The summed E-state index contributed by atoms with van der Waals surface area (Å²) < 4.78 is 0. The first kappa shape index (κ1) is 30.6. The highest BCUT2D eigenvalue weighted by atomic mass is 32.2. The summed E-state index contributed by atoms with van der Waals surface area (Å²) in [4.78, 5) is 16.6. The molecule has 0 heterocycles. The summed E-state index contributed by atoms with van der Waals surface area (Å²) in [6.07, 6.45) is 6.05. The summed E-state index contributed by atoms with van der Waals surface area (Å²) in [5, 5.41) is 4.29. The van der Waals surface area contributed by atoms with E-state index in [0.717, 1.165) is 32.6 Å². The minimum atomic E-state index is 0.000647. The number of benzene rings is 1. The topological polar surface area (TPSA) is 32.3 Å². The maximum atomic E-state index is 12.8. The van der Waals surface area contributed by atoms with Crippen LogP contribution >= 0.6 is 23.5 Å². The number of thioether (sulfide) groups is 2. The number of hydrogen-bond donors (Lipinski definition) is 1. The Morgan fingerprint density at radius 1 is 0.971 bits per heavy atom. The van der Waals surface area contributed by atoms with Gasteiger partial charge in [0, 0.05) is 21.9 Å². The van der Waals surface area contributed by atoms with Crippen LogP contribution in [-0.2, 0) is 15.6 Å². The van der Waals surface area contributed by atoms with Gasteiger partial charge in [-0.15, -0.1) is 23.5 Å². The van der Waals surface area contributed by atoms with Crippen LogP contribution in [0.5, 0.6) is 0 Å². The number of amides is 1. The van der Waals surface area contributed by atoms with E-state index in [0.29, 0.717) is 10.5 Å². The molecule has 35 heavy (non-hydrogen) atoms. The van der Waals surface area contributed by atoms with Crippen LogP contribution < -0.4 is 5.32 Å². The standard InChI is InChI=1S/C30H52N2OS2/c1-10-32(11-2)18-14-17-31-28(33)22(3)34-26-15-12-13-16-27(26)35-25-20-23(29(4,5)6)19-24(21-25)30(7,8)9/h19-22,26-27H,10-18H2,1-9H3,(H,31,33). The van der Waals surface area contributed by atoms with E-state index in [2.05, 4.69) is 102 Å². The number of nitrogens with zero attached hydrogens (tertiary/aromatic N) is 1. The van der Waals surface area contributed by atoms with E-state index in [1.807, 2.05) is 11.8 Å². The minimum Gasteiger partial charge on any atom is -0.355 e. The quantitative estimate of drug-likeness (QED) is 0.304. The molecule has 200 valence electrons. The van der Waals surface area contributed by atoms with Gasteiger partial charge < -0.3 is 10.2 Å². The van der Waals surface area contributed by atoms with Crippen LogP contribution in [-0.4, -0.2) is 52.7 Å². The van der Waals surface area contributed by atoms with Crippen LogP contribution in [0.2, 0.25) is 0 Å². The van der Waals surface area contributed by atoms with E-state index in [1.165, 1.54) is 41.7 Å². The zero-order chi connectivity index (χ0) is 26.2. The molecule has 0 radical (unpaired) electrons. The fourth-order valence-electron chi connectivity index (χ4n) is 4.58. The zero-order valence-corrected chi connectivity index (χ0v) is 25.6. The second kappa shape index (κ2) is 13.8. The average molecular weight is 521 g/mol. The first-order valence-electron chi connectivity index (χ1n) is 13.8. The van der Waals surface area contributed by atoms with Crippen molar-refractivity contribution in [3.63, 3.8) is 0 Å². The molecule has 1 aliphatic carbocycles. The largest absolute Gasteiger partial charge is 0.355 e. The van der Waals surface area contributed by atoms with Gasteiger partial charge >= 0.3 is 0 Å². The monoisotopic (exact) mass is 520 g/mol. The Bertz CT molecular complexity index is 760. The van der Waals surface area contributed by atoms with Crippen LogP contribution in [0, 0.1) is 0 Å². The first-order chi connectivity index (χ1) is 16.3. The molecule has 1 aromatic carbocycles. The lowest BCUT2D eigenvalue weighted by Crippen LogP contribution is -2.36. The average Bonchev–Trinajstić information content (AvgIpc) is 2.79. The molecule has 1 aromatic rings. The lowest BCUT2D eigenvalue weighted by Gasteiger charge is -2.33. The molecule has 1 fully saturated rings. The zero-order valence-electron chi connectivity index (χ0n) is 24.0. The van der Waals surface area contributed by atoms with Crippen molar-refractivity contribution in [1.29, 1.82) is 0 Å². The van der Waals surface area contributed by atoms with Crippen LogP contribution in [0.4, 0.5) is 0 Å². The minimum absolute atomic E-state index is 0.000647. The van der Waals surface area contributed by atoms with E-state index in [-0.39, 0.29) is 22.0 Å². The molecule has 5 heteroatoms. The Hall–Kier alpha value is -0.650. The van der Waals surface area contributed by atoms with E-state index >= 15 is 0 Å². The Morgan fingerprint density at radius 2 is 1.51 bits per heavy atom. The second-order valence-corrected chi connectivity index (χ2v) is 15.1. The maximum absolute atomic E-state index is 12.8. The summed E-state index contributed by atoms with van der Waals surface area (Å²) in [6.45, 7) is 24.3. The Morgan fingerprint density at radius 3 is 2.03 bits per heavy atom. The van der Waals surface area contributed by atoms with Crippen molar-refractivity contribution in [2.45, 2.75) is 126 Å². The van der Waals surface area contributed by atoms with Gasteiger partial charge in [0.25, 0.3) is 0 Å². The van der Waals surface area contributed by atoms with Gasteiger partial charge in [0.15, 0.2) is 0 Å². The molecule has 0 aromatic heterocycles. The third-order valence-electron chi connectivity index (χ3n) is 7.16. The van der Waals surface area contributed by atoms with Crippen molar-refractivity contribution in [1.82, 2.24) is 10.2 Å². The first-order valence-corrected chi connectivity index (χ1v) is 15.7. The molecule has 1 saturated carbocycles. The van der Waals surface area contributed by atoms with Crippen molar-refractivity contribution >= 4 is 29.4 Å². The van der Waals surface area contributed by atoms with Crippen molar-refractivity contribution in [2.24, 2.45) is 0 Å². The van der Waals surface area contributed by atoms with Crippen LogP contribution in [0.3, 0.4) is 0 Å². The summed E-state index contributed by atoms with van der Waals surface area (Å²) >= 11 is 3.96. The Balaban J connectivity index is 2.03. The molecule has 3 nitrogen and oxygen atoms in total. The molecule has 0 aliphatic heterocycles. The lowest BCUT2D eigenvalue weighted by atomic mass is 9.81. The highest BCUT2D eigenvalue weighted by Crippen LogP contribution is 2.42. The van der Waals surface area contributed by atoms with E-state index in [1.54, 1.807) is 0 Å². The second-order valence-electron chi connectivity index (χ2n) is 12.2. The normalized spacial score (nSPS) is 20.2. The van der Waals surface area contributed by atoms with Crippen LogP contribution in [0.25, 0.3) is 0 Å². The number of rotatable bonds is 11. The fourth-order valence-corrected chi connectivity index (χ4v) is 7.60. The molecule has 2 rings (SSSR count).